The van der Waals surface area contributed by atoms with Crippen molar-refractivity contribution in [3.8, 4) is 11.6 Å². The lowest BCUT2D eigenvalue weighted by atomic mass is 9.94. The molecule has 2 aromatic carbocycles. The van der Waals surface area contributed by atoms with Gasteiger partial charge in [0.1, 0.15) is 17.4 Å². The number of aromatic nitrogens is 7. The zero-order valence-electron chi connectivity index (χ0n) is 26.1. The number of unbranched alkanes of at least 4 members (excludes halogenated alkanes) is 1. The highest BCUT2D eigenvalue weighted by Crippen LogP contribution is 2.35. The lowest BCUT2D eigenvalue weighted by Gasteiger charge is -2.23. The standard InChI is InChI=1S/C35H41N7O2/c1-5-8-18-30-29(35(43)42(24(4)37-30)31-19-12-13-20-36-31)23-25-21-27(14-6-2)32(28(22-25)15-7-3)44-33(34-38-40-41-39-34)26-16-10-9-11-17-26/h9-13,16-17,19-22,33H,5-8,14-15,18,23H2,1-4H3,(H,38,39,40,41). The van der Waals surface area contributed by atoms with Gasteiger partial charge in [0.15, 0.2) is 6.10 Å². The number of benzene rings is 2. The summed E-state index contributed by atoms with van der Waals surface area (Å²) >= 11 is 0. The molecule has 0 fully saturated rings. The predicted molar refractivity (Wildman–Crippen MR) is 171 cm³/mol. The molecule has 1 N–H and O–H groups in total. The Morgan fingerprint density at radius 3 is 2.25 bits per heavy atom. The van der Waals surface area contributed by atoms with Crippen LogP contribution in [0.5, 0.6) is 5.75 Å². The fraction of sp³-hybridized carbons (Fsp3) is 0.371. The third-order valence-electron chi connectivity index (χ3n) is 7.73. The largest absolute Gasteiger partial charge is 0.477 e. The molecule has 1 unspecified atom stereocenters. The molecule has 0 aliphatic carbocycles. The predicted octanol–water partition coefficient (Wildman–Crippen LogP) is 6.46. The van der Waals surface area contributed by atoms with E-state index in [9.17, 15) is 4.79 Å². The molecule has 0 spiro atoms. The van der Waals surface area contributed by atoms with Crippen molar-refractivity contribution in [3.63, 3.8) is 0 Å². The van der Waals surface area contributed by atoms with E-state index in [1.54, 1.807) is 10.8 Å². The molecule has 0 saturated carbocycles. The van der Waals surface area contributed by atoms with Crippen LogP contribution in [0, 0.1) is 6.92 Å². The topological polar surface area (TPSA) is 111 Å². The maximum absolute atomic E-state index is 14.1. The Labute approximate surface area is 258 Å². The molecule has 3 heterocycles. The fourth-order valence-corrected chi connectivity index (χ4v) is 5.69. The number of hydrogen-bond donors (Lipinski definition) is 1. The highest BCUT2D eigenvalue weighted by atomic mass is 16.5. The monoisotopic (exact) mass is 591 g/mol. The number of ether oxygens (including phenoxy) is 1. The maximum atomic E-state index is 14.1. The van der Waals surface area contributed by atoms with Crippen LogP contribution in [0.3, 0.4) is 0 Å². The van der Waals surface area contributed by atoms with E-state index in [2.05, 4.69) is 58.5 Å². The molecule has 9 nitrogen and oxygen atoms in total. The zero-order chi connectivity index (χ0) is 30.9. The van der Waals surface area contributed by atoms with Crippen LogP contribution in [0.15, 0.2) is 71.7 Å². The zero-order valence-corrected chi connectivity index (χ0v) is 26.1. The SMILES string of the molecule is CCCCc1nc(C)n(-c2ccccn2)c(=O)c1Cc1cc(CCC)c(OC(c2ccccc2)c2nn[nH]n2)c(CCC)c1. The molecule has 3 aromatic heterocycles. The minimum atomic E-state index is -0.514. The van der Waals surface area contributed by atoms with Gasteiger partial charge in [-0.2, -0.15) is 5.21 Å². The molecule has 0 amide bonds. The fourth-order valence-electron chi connectivity index (χ4n) is 5.69. The van der Waals surface area contributed by atoms with Crippen molar-refractivity contribution >= 4 is 0 Å². The van der Waals surface area contributed by atoms with Gasteiger partial charge >= 0.3 is 0 Å². The molecule has 0 aliphatic rings. The van der Waals surface area contributed by atoms with Crippen LogP contribution >= 0.6 is 0 Å². The first-order valence-electron chi connectivity index (χ1n) is 15.7. The summed E-state index contributed by atoms with van der Waals surface area (Å²) in [5.41, 5.74) is 5.78. The number of H-pyrrole nitrogens is 1. The highest BCUT2D eigenvalue weighted by molar-refractivity contribution is 5.47. The normalized spacial score (nSPS) is 11.9. The summed E-state index contributed by atoms with van der Waals surface area (Å²) in [7, 11) is 0. The summed E-state index contributed by atoms with van der Waals surface area (Å²) in [6.45, 7) is 8.38. The molecule has 1 atom stereocenters. The van der Waals surface area contributed by atoms with Crippen molar-refractivity contribution in [3.05, 3.63) is 122 Å². The van der Waals surface area contributed by atoms with Gasteiger partial charge in [0.2, 0.25) is 5.82 Å². The minimum Gasteiger partial charge on any atom is -0.477 e. The smallest absolute Gasteiger partial charge is 0.263 e. The molecule has 9 heteroatoms. The Balaban J connectivity index is 1.61. The summed E-state index contributed by atoms with van der Waals surface area (Å²) in [6, 6.07) is 20.0. The number of nitrogens with zero attached hydrogens (tertiary/aromatic N) is 6. The van der Waals surface area contributed by atoms with Gasteiger partial charge in [-0.3, -0.25) is 4.79 Å². The first kappa shape index (κ1) is 30.8. The molecule has 5 aromatic rings. The molecule has 0 aliphatic heterocycles. The van der Waals surface area contributed by atoms with E-state index in [4.69, 9.17) is 9.72 Å². The maximum Gasteiger partial charge on any atom is 0.263 e. The molecule has 0 bridgehead atoms. The summed E-state index contributed by atoms with van der Waals surface area (Å²) in [5.74, 6) is 2.57. The van der Waals surface area contributed by atoms with Crippen molar-refractivity contribution in [1.82, 2.24) is 35.2 Å². The number of aryl methyl sites for hydroxylation is 4. The van der Waals surface area contributed by atoms with Gasteiger partial charge in [0.05, 0.1) is 5.69 Å². The van der Waals surface area contributed by atoms with Gasteiger partial charge in [-0.1, -0.05) is 93.8 Å². The Kier molecular flexibility index (Phi) is 10.3. The van der Waals surface area contributed by atoms with Crippen molar-refractivity contribution < 1.29 is 4.74 Å². The average Bonchev–Trinajstić information content (AvgIpc) is 3.57. The summed E-state index contributed by atoms with van der Waals surface area (Å²) in [5, 5.41) is 14.9. The second-order valence-corrected chi connectivity index (χ2v) is 11.1. The summed E-state index contributed by atoms with van der Waals surface area (Å²) in [4.78, 5) is 23.6. The van der Waals surface area contributed by atoms with Gasteiger partial charge in [-0.05, 0) is 61.4 Å². The number of hydrogen-bond acceptors (Lipinski definition) is 7. The molecule has 0 saturated heterocycles. The third kappa shape index (κ3) is 6.93. The van der Waals surface area contributed by atoms with Crippen molar-refractivity contribution in [2.45, 2.75) is 85.2 Å². The third-order valence-corrected chi connectivity index (χ3v) is 7.73. The number of tetrazole rings is 1. The van der Waals surface area contributed by atoms with Crippen LogP contribution in [0.25, 0.3) is 5.82 Å². The van der Waals surface area contributed by atoms with Crippen molar-refractivity contribution in [2.75, 3.05) is 0 Å². The Morgan fingerprint density at radius 1 is 0.909 bits per heavy atom. The summed E-state index contributed by atoms with van der Waals surface area (Å²) in [6.07, 6.45) is 8.00. The van der Waals surface area contributed by atoms with E-state index in [0.717, 1.165) is 84.2 Å². The highest BCUT2D eigenvalue weighted by Gasteiger charge is 2.25. The quantitative estimate of drug-likeness (QED) is 0.158. The van der Waals surface area contributed by atoms with Crippen LogP contribution in [0.1, 0.15) is 97.7 Å². The number of nitrogens with one attached hydrogen (secondary N) is 1. The Hall–Kier alpha value is -4.66. The second kappa shape index (κ2) is 14.7. The lowest BCUT2D eigenvalue weighted by molar-refractivity contribution is 0.232. The average molecular weight is 592 g/mol. The van der Waals surface area contributed by atoms with E-state index in [-0.39, 0.29) is 5.56 Å². The number of pyridine rings is 1. The van der Waals surface area contributed by atoms with Gasteiger partial charge in [-0.25, -0.2) is 14.5 Å². The number of rotatable bonds is 14. The van der Waals surface area contributed by atoms with E-state index >= 15 is 0 Å². The first-order valence-corrected chi connectivity index (χ1v) is 15.7. The molecular weight excluding hydrogens is 550 g/mol. The number of aromatic amines is 1. The lowest BCUT2D eigenvalue weighted by Crippen LogP contribution is -2.29. The van der Waals surface area contributed by atoms with Gasteiger partial charge in [-0.15, -0.1) is 10.2 Å². The Bertz CT molecular complexity index is 1670. The molecule has 228 valence electrons. The van der Waals surface area contributed by atoms with E-state index < -0.39 is 6.10 Å². The van der Waals surface area contributed by atoms with E-state index in [1.165, 1.54) is 0 Å². The Morgan fingerprint density at radius 2 is 1.64 bits per heavy atom. The summed E-state index contributed by atoms with van der Waals surface area (Å²) < 4.78 is 8.48. The van der Waals surface area contributed by atoms with Gasteiger partial charge in [0, 0.05) is 23.7 Å². The molecule has 0 radical (unpaired) electrons. The van der Waals surface area contributed by atoms with Crippen LogP contribution in [-0.4, -0.2) is 35.2 Å². The van der Waals surface area contributed by atoms with Crippen LogP contribution in [0.2, 0.25) is 0 Å². The molecule has 44 heavy (non-hydrogen) atoms. The molecular formula is C35H41N7O2. The van der Waals surface area contributed by atoms with Crippen molar-refractivity contribution in [1.29, 1.82) is 0 Å². The van der Waals surface area contributed by atoms with Crippen LogP contribution in [-0.2, 0) is 25.7 Å². The molecule has 5 rings (SSSR count). The van der Waals surface area contributed by atoms with Gasteiger partial charge in [0.25, 0.3) is 5.56 Å². The minimum absolute atomic E-state index is 0.0574. The van der Waals surface area contributed by atoms with Crippen LogP contribution in [0.4, 0.5) is 0 Å². The van der Waals surface area contributed by atoms with Crippen LogP contribution < -0.4 is 10.3 Å². The van der Waals surface area contributed by atoms with Gasteiger partial charge < -0.3 is 4.74 Å². The van der Waals surface area contributed by atoms with E-state index in [1.807, 2.05) is 55.5 Å². The second-order valence-electron chi connectivity index (χ2n) is 11.1. The van der Waals surface area contributed by atoms with Crippen molar-refractivity contribution in [2.24, 2.45) is 0 Å². The first-order chi connectivity index (χ1) is 21.5. The van der Waals surface area contributed by atoms with E-state index in [0.29, 0.717) is 23.9 Å².